The van der Waals surface area contributed by atoms with E-state index in [-0.39, 0.29) is 23.8 Å². The molecule has 1 rings (SSSR count). The van der Waals surface area contributed by atoms with Gasteiger partial charge in [0.2, 0.25) is 5.91 Å². The predicted octanol–water partition coefficient (Wildman–Crippen LogP) is 1.87. The normalized spacial score (nSPS) is 12.5. The van der Waals surface area contributed by atoms with Gasteiger partial charge >= 0.3 is 0 Å². The third kappa shape index (κ3) is 5.27. The molecule has 0 aromatic heterocycles. The van der Waals surface area contributed by atoms with Gasteiger partial charge in [0, 0.05) is 6.04 Å². The number of halogens is 1. The van der Waals surface area contributed by atoms with Crippen LogP contribution in [0.15, 0.2) is 24.3 Å². The van der Waals surface area contributed by atoms with E-state index in [1.807, 2.05) is 20.8 Å². The van der Waals surface area contributed by atoms with Gasteiger partial charge in [-0.05, 0) is 51.4 Å². The first-order valence-electron chi connectivity index (χ1n) is 6.27. The molecule has 1 atom stereocenters. The van der Waals surface area contributed by atoms with E-state index in [0.29, 0.717) is 6.54 Å². The minimum absolute atomic E-state index is 0.00380. The Kier molecular flexibility index (Phi) is 5.78. The molecule has 18 heavy (non-hydrogen) atoms. The second-order valence-electron chi connectivity index (χ2n) is 4.72. The van der Waals surface area contributed by atoms with Crippen molar-refractivity contribution in [3.05, 3.63) is 35.6 Å². The van der Waals surface area contributed by atoms with E-state index < -0.39 is 0 Å². The van der Waals surface area contributed by atoms with Gasteiger partial charge in [0.05, 0.1) is 6.04 Å². The number of carbonyl (C=O) groups is 1. The Hall–Kier alpha value is -1.42. The third-order valence-electron chi connectivity index (χ3n) is 2.60. The number of hydrogen-bond acceptors (Lipinski definition) is 2. The average molecular weight is 252 g/mol. The van der Waals surface area contributed by atoms with Gasteiger partial charge < -0.3 is 10.6 Å². The van der Waals surface area contributed by atoms with Crippen molar-refractivity contribution in [2.24, 2.45) is 0 Å². The monoisotopic (exact) mass is 252 g/mol. The van der Waals surface area contributed by atoms with Crippen LogP contribution in [0.25, 0.3) is 0 Å². The van der Waals surface area contributed by atoms with Crippen LogP contribution in [-0.4, -0.2) is 24.5 Å². The molecule has 0 heterocycles. The summed E-state index contributed by atoms with van der Waals surface area (Å²) < 4.78 is 12.7. The zero-order valence-electron chi connectivity index (χ0n) is 11.2. The zero-order valence-corrected chi connectivity index (χ0v) is 11.2. The van der Waals surface area contributed by atoms with E-state index in [9.17, 15) is 9.18 Å². The Morgan fingerprint density at radius 2 is 1.83 bits per heavy atom. The minimum atomic E-state index is -0.226. The van der Waals surface area contributed by atoms with Crippen molar-refractivity contribution in [1.82, 2.24) is 10.6 Å². The van der Waals surface area contributed by atoms with Crippen molar-refractivity contribution in [2.45, 2.75) is 39.3 Å². The summed E-state index contributed by atoms with van der Waals surface area (Å²) in [6.45, 7) is 6.40. The molecular weight excluding hydrogens is 231 g/mol. The first-order valence-corrected chi connectivity index (χ1v) is 6.27. The molecule has 0 spiro atoms. The lowest BCUT2D eigenvalue weighted by Crippen LogP contribution is -2.45. The smallest absolute Gasteiger partial charge is 0.237 e. The van der Waals surface area contributed by atoms with Gasteiger partial charge in [0.25, 0.3) is 0 Å². The number of nitrogens with one attached hydrogen (secondary N) is 2. The molecule has 3 nitrogen and oxygen atoms in total. The van der Waals surface area contributed by atoms with Gasteiger partial charge in [-0.25, -0.2) is 4.39 Å². The highest BCUT2D eigenvalue weighted by atomic mass is 19.1. The van der Waals surface area contributed by atoms with Gasteiger partial charge in [-0.15, -0.1) is 0 Å². The Labute approximate surface area is 108 Å². The molecule has 0 aliphatic heterocycles. The largest absolute Gasteiger partial charge is 0.353 e. The standard InChI is InChI=1S/C14H21FN2O/c1-10(2)17-14(18)11(3)16-9-8-12-4-6-13(15)7-5-12/h4-7,10-11,16H,8-9H2,1-3H3,(H,17,18). The quantitative estimate of drug-likeness (QED) is 0.811. The van der Waals surface area contributed by atoms with E-state index in [0.717, 1.165) is 12.0 Å². The summed E-state index contributed by atoms with van der Waals surface area (Å²) in [6, 6.07) is 6.35. The van der Waals surface area contributed by atoms with Gasteiger partial charge in [-0.1, -0.05) is 12.1 Å². The molecule has 1 unspecified atom stereocenters. The third-order valence-corrected chi connectivity index (χ3v) is 2.60. The van der Waals surface area contributed by atoms with Crippen molar-refractivity contribution >= 4 is 5.91 Å². The van der Waals surface area contributed by atoms with Crippen molar-refractivity contribution in [3.8, 4) is 0 Å². The molecule has 1 amide bonds. The summed E-state index contributed by atoms with van der Waals surface area (Å²) in [5.41, 5.74) is 1.06. The molecule has 0 bridgehead atoms. The first kappa shape index (κ1) is 14.6. The van der Waals surface area contributed by atoms with Crippen LogP contribution in [0.4, 0.5) is 4.39 Å². The summed E-state index contributed by atoms with van der Waals surface area (Å²) in [7, 11) is 0. The number of hydrogen-bond donors (Lipinski definition) is 2. The van der Waals surface area contributed by atoms with E-state index >= 15 is 0 Å². The molecule has 100 valence electrons. The SMILES string of the molecule is CC(C)NC(=O)C(C)NCCc1ccc(F)cc1. The van der Waals surface area contributed by atoms with E-state index in [1.54, 1.807) is 12.1 Å². The van der Waals surface area contributed by atoms with Crippen LogP contribution in [0.3, 0.4) is 0 Å². The summed E-state index contributed by atoms with van der Waals surface area (Å²) in [5.74, 6) is -0.222. The fraction of sp³-hybridized carbons (Fsp3) is 0.500. The van der Waals surface area contributed by atoms with Crippen LogP contribution in [0.2, 0.25) is 0 Å². The Morgan fingerprint density at radius 1 is 1.22 bits per heavy atom. The Bertz CT molecular complexity index is 376. The maximum Gasteiger partial charge on any atom is 0.237 e. The number of amides is 1. The molecule has 0 aliphatic rings. The van der Waals surface area contributed by atoms with Crippen LogP contribution in [0.5, 0.6) is 0 Å². The molecular formula is C14H21FN2O. The van der Waals surface area contributed by atoms with Crippen molar-refractivity contribution in [2.75, 3.05) is 6.54 Å². The second-order valence-corrected chi connectivity index (χ2v) is 4.72. The lowest BCUT2D eigenvalue weighted by atomic mass is 10.1. The number of carbonyl (C=O) groups excluding carboxylic acids is 1. The predicted molar refractivity (Wildman–Crippen MR) is 70.8 cm³/mol. The first-order chi connectivity index (χ1) is 8.49. The zero-order chi connectivity index (χ0) is 13.5. The number of rotatable bonds is 6. The molecule has 1 aromatic rings. The van der Waals surface area contributed by atoms with Gasteiger partial charge in [0.1, 0.15) is 5.82 Å². The molecule has 0 radical (unpaired) electrons. The summed E-state index contributed by atoms with van der Waals surface area (Å²) in [4.78, 5) is 11.6. The van der Waals surface area contributed by atoms with Crippen molar-refractivity contribution in [1.29, 1.82) is 0 Å². The molecule has 0 saturated heterocycles. The van der Waals surface area contributed by atoms with Gasteiger partial charge in [0.15, 0.2) is 0 Å². The molecule has 0 saturated carbocycles. The number of benzene rings is 1. The lowest BCUT2D eigenvalue weighted by molar-refractivity contribution is -0.123. The fourth-order valence-electron chi connectivity index (χ4n) is 1.59. The molecule has 1 aromatic carbocycles. The van der Waals surface area contributed by atoms with E-state index in [2.05, 4.69) is 10.6 Å². The minimum Gasteiger partial charge on any atom is -0.353 e. The van der Waals surface area contributed by atoms with Gasteiger partial charge in [-0.2, -0.15) is 0 Å². The fourth-order valence-corrected chi connectivity index (χ4v) is 1.59. The molecule has 0 fully saturated rings. The van der Waals surface area contributed by atoms with E-state index in [1.165, 1.54) is 12.1 Å². The molecule has 0 aliphatic carbocycles. The van der Waals surface area contributed by atoms with E-state index in [4.69, 9.17) is 0 Å². The molecule has 2 N–H and O–H groups in total. The lowest BCUT2D eigenvalue weighted by Gasteiger charge is -2.15. The summed E-state index contributed by atoms with van der Waals surface area (Å²) in [6.07, 6.45) is 0.777. The summed E-state index contributed by atoms with van der Waals surface area (Å²) in [5, 5.41) is 5.99. The van der Waals surface area contributed by atoms with Crippen LogP contribution in [-0.2, 0) is 11.2 Å². The van der Waals surface area contributed by atoms with Crippen molar-refractivity contribution in [3.63, 3.8) is 0 Å². The second kappa shape index (κ2) is 7.11. The molecule has 4 heteroatoms. The highest BCUT2D eigenvalue weighted by molar-refractivity contribution is 5.81. The highest BCUT2D eigenvalue weighted by Crippen LogP contribution is 2.02. The van der Waals surface area contributed by atoms with Crippen LogP contribution < -0.4 is 10.6 Å². The maximum atomic E-state index is 12.7. The maximum absolute atomic E-state index is 12.7. The van der Waals surface area contributed by atoms with Crippen LogP contribution >= 0.6 is 0 Å². The van der Waals surface area contributed by atoms with Gasteiger partial charge in [-0.3, -0.25) is 4.79 Å². The topological polar surface area (TPSA) is 41.1 Å². The van der Waals surface area contributed by atoms with Crippen LogP contribution in [0.1, 0.15) is 26.3 Å². The highest BCUT2D eigenvalue weighted by Gasteiger charge is 2.12. The summed E-state index contributed by atoms with van der Waals surface area (Å²) >= 11 is 0. The Morgan fingerprint density at radius 3 is 2.39 bits per heavy atom. The Balaban J connectivity index is 2.28. The van der Waals surface area contributed by atoms with Crippen LogP contribution in [0, 0.1) is 5.82 Å². The average Bonchev–Trinajstić information content (AvgIpc) is 2.30. The van der Waals surface area contributed by atoms with Crippen molar-refractivity contribution < 1.29 is 9.18 Å².